The molecule has 0 saturated carbocycles. The summed E-state index contributed by atoms with van der Waals surface area (Å²) in [4.78, 5) is 23.4. The molecule has 0 bridgehead atoms. The van der Waals surface area contributed by atoms with E-state index < -0.39 is 0 Å². The van der Waals surface area contributed by atoms with E-state index in [1.54, 1.807) is 37.3 Å². The molecular weight excluding hydrogens is 356 g/mol. The minimum atomic E-state index is -0.364. The maximum atomic E-state index is 12.0. The van der Waals surface area contributed by atoms with Crippen LogP contribution < -0.4 is 4.74 Å². The van der Waals surface area contributed by atoms with Crippen LogP contribution in [0.15, 0.2) is 71.2 Å². The highest BCUT2D eigenvalue weighted by atomic mass is 16.5. The first-order chi connectivity index (χ1) is 13.5. The Labute approximate surface area is 163 Å². The number of hydrogen-bond donors (Lipinski definition) is 0. The van der Waals surface area contributed by atoms with Crippen LogP contribution >= 0.6 is 0 Å². The predicted molar refractivity (Wildman–Crippen MR) is 105 cm³/mol. The number of benzene rings is 2. The molecule has 0 aliphatic heterocycles. The highest BCUT2D eigenvalue weighted by Gasteiger charge is 2.06. The summed E-state index contributed by atoms with van der Waals surface area (Å²) >= 11 is 0. The van der Waals surface area contributed by atoms with Gasteiger partial charge in [0.1, 0.15) is 18.1 Å². The van der Waals surface area contributed by atoms with Crippen molar-refractivity contribution in [3.05, 3.63) is 95.0 Å². The minimum Gasteiger partial charge on any atom is -0.489 e. The highest BCUT2D eigenvalue weighted by molar-refractivity contribution is 6.04. The molecule has 0 aliphatic rings. The number of allylic oxidation sites excluding steroid dienone is 1. The Kier molecular flexibility index (Phi) is 6.07. The van der Waals surface area contributed by atoms with E-state index in [2.05, 4.69) is 4.74 Å². The van der Waals surface area contributed by atoms with Crippen molar-refractivity contribution in [1.29, 1.82) is 0 Å². The van der Waals surface area contributed by atoms with Gasteiger partial charge in [0.05, 0.1) is 12.7 Å². The average Bonchev–Trinajstić information content (AvgIpc) is 3.17. The van der Waals surface area contributed by atoms with E-state index in [4.69, 9.17) is 9.15 Å². The molecule has 1 heterocycles. The van der Waals surface area contributed by atoms with Crippen LogP contribution in [0, 0.1) is 6.92 Å². The molecule has 0 radical (unpaired) electrons. The molecule has 0 atom stereocenters. The van der Waals surface area contributed by atoms with Gasteiger partial charge in [0, 0.05) is 0 Å². The number of hydrogen-bond acceptors (Lipinski definition) is 5. The van der Waals surface area contributed by atoms with Gasteiger partial charge in [-0.3, -0.25) is 4.79 Å². The number of carbonyl (C=O) groups excluding carboxylic acids is 2. The molecule has 2 aromatic carbocycles. The number of aryl methyl sites for hydroxylation is 1. The van der Waals surface area contributed by atoms with Crippen molar-refractivity contribution in [2.45, 2.75) is 13.5 Å². The lowest BCUT2D eigenvalue weighted by Crippen LogP contribution is -2.01. The van der Waals surface area contributed by atoms with E-state index in [0.29, 0.717) is 29.4 Å². The third-order valence-electron chi connectivity index (χ3n) is 4.07. The van der Waals surface area contributed by atoms with Crippen LogP contribution in [0.3, 0.4) is 0 Å². The average molecular weight is 376 g/mol. The summed E-state index contributed by atoms with van der Waals surface area (Å²) in [6, 6.07) is 17.9. The maximum absolute atomic E-state index is 12.0. The Morgan fingerprint density at radius 3 is 2.29 bits per heavy atom. The lowest BCUT2D eigenvalue weighted by Gasteiger charge is -2.07. The van der Waals surface area contributed by atoms with E-state index >= 15 is 0 Å². The first kappa shape index (κ1) is 19.2. The largest absolute Gasteiger partial charge is 0.489 e. The van der Waals surface area contributed by atoms with Gasteiger partial charge in [0.15, 0.2) is 5.76 Å². The second kappa shape index (κ2) is 8.86. The quantitative estimate of drug-likeness (QED) is 0.335. The van der Waals surface area contributed by atoms with E-state index in [-0.39, 0.29) is 11.8 Å². The Hall–Kier alpha value is -3.60. The molecule has 0 saturated heterocycles. The number of ether oxygens (including phenoxy) is 2. The standard InChI is InChI=1S/C23H20O5/c1-16-3-14-22(28-16)21(24)13-8-17-6-11-20(12-7-17)27-15-18-4-9-19(10-5-18)23(25)26-2/h3-14H,15H2,1-2H3/b13-8+. The zero-order chi connectivity index (χ0) is 19.9. The van der Waals surface area contributed by atoms with Gasteiger partial charge in [-0.1, -0.05) is 30.3 Å². The molecule has 0 spiro atoms. The molecule has 5 nitrogen and oxygen atoms in total. The fraction of sp³-hybridized carbons (Fsp3) is 0.130. The summed E-state index contributed by atoms with van der Waals surface area (Å²) in [6.45, 7) is 2.18. The smallest absolute Gasteiger partial charge is 0.337 e. The van der Waals surface area contributed by atoms with Crippen LogP contribution in [0.5, 0.6) is 5.75 Å². The summed E-state index contributed by atoms with van der Waals surface area (Å²) in [5, 5.41) is 0. The lowest BCUT2D eigenvalue weighted by molar-refractivity contribution is 0.0600. The Morgan fingerprint density at radius 1 is 0.964 bits per heavy atom. The third-order valence-corrected chi connectivity index (χ3v) is 4.07. The van der Waals surface area contributed by atoms with E-state index in [1.807, 2.05) is 36.4 Å². The molecule has 142 valence electrons. The van der Waals surface area contributed by atoms with Crippen molar-refractivity contribution < 1.29 is 23.5 Å². The van der Waals surface area contributed by atoms with Crippen LogP contribution in [0.4, 0.5) is 0 Å². The lowest BCUT2D eigenvalue weighted by atomic mass is 10.1. The van der Waals surface area contributed by atoms with E-state index in [1.165, 1.54) is 13.2 Å². The summed E-state index contributed by atoms with van der Waals surface area (Å²) in [7, 11) is 1.35. The number of ketones is 1. The monoisotopic (exact) mass is 376 g/mol. The second-order valence-corrected chi connectivity index (χ2v) is 6.15. The Bertz CT molecular complexity index is 979. The first-order valence-electron chi connectivity index (χ1n) is 8.74. The SMILES string of the molecule is COC(=O)c1ccc(COc2ccc(/C=C/C(=O)c3ccc(C)o3)cc2)cc1. The van der Waals surface area contributed by atoms with Crippen molar-refractivity contribution in [2.75, 3.05) is 7.11 Å². The molecule has 0 fully saturated rings. The molecule has 1 aromatic heterocycles. The molecule has 28 heavy (non-hydrogen) atoms. The summed E-state index contributed by atoms with van der Waals surface area (Å²) in [5.74, 6) is 1.20. The van der Waals surface area contributed by atoms with Crippen molar-refractivity contribution in [2.24, 2.45) is 0 Å². The predicted octanol–water partition coefficient (Wildman–Crippen LogP) is 4.85. The third kappa shape index (κ3) is 4.98. The van der Waals surface area contributed by atoms with Crippen LogP contribution in [0.1, 0.15) is 37.8 Å². The summed E-state index contributed by atoms with van der Waals surface area (Å²) in [6.07, 6.45) is 3.21. The molecule has 3 rings (SSSR count). The summed E-state index contributed by atoms with van der Waals surface area (Å²) in [5.41, 5.74) is 2.32. The molecule has 0 amide bonds. The highest BCUT2D eigenvalue weighted by Crippen LogP contribution is 2.16. The zero-order valence-electron chi connectivity index (χ0n) is 15.7. The zero-order valence-corrected chi connectivity index (χ0v) is 15.7. The topological polar surface area (TPSA) is 65.7 Å². The molecular formula is C23H20O5. The van der Waals surface area contributed by atoms with Crippen LogP contribution in [0.25, 0.3) is 6.08 Å². The fourth-order valence-electron chi connectivity index (χ4n) is 2.52. The van der Waals surface area contributed by atoms with Crippen molar-refractivity contribution in [1.82, 2.24) is 0 Å². The first-order valence-corrected chi connectivity index (χ1v) is 8.74. The van der Waals surface area contributed by atoms with Gasteiger partial charge in [0.25, 0.3) is 0 Å². The maximum Gasteiger partial charge on any atom is 0.337 e. The number of esters is 1. The molecule has 3 aromatic rings. The normalized spacial score (nSPS) is 10.8. The number of carbonyl (C=O) groups is 2. The van der Waals surface area contributed by atoms with E-state index in [0.717, 1.165) is 11.1 Å². The van der Waals surface area contributed by atoms with Crippen molar-refractivity contribution >= 4 is 17.8 Å². The van der Waals surface area contributed by atoms with Gasteiger partial charge < -0.3 is 13.9 Å². The fourth-order valence-corrected chi connectivity index (χ4v) is 2.52. The molecule has 5 heteroatoms. The van der Waals surface area contributed by atoms with E-state index in [9.17, 15) is 9.59 Å². The van der Waals surface area contributed by atoms with Gasteiger partial charge in [-0.15, -0.1) is 0 Å². The van der Waals surface area contributed by atoms with Crippen molar-refractivity contribution in [3.63, 3.8) is 0 Å². The minimum absolute atomic E-state index is 0.177. The number of methoxy groups -OCH3 is 1. The van der Waals surface area contributed by atoms with Gasteiger partial charge in [0.2, 0.25) is 5.78 Å². The second-order valence-electron chi connectivity index (χ2n) is 6.15. The molecule has 0 unspecified atom stereocenters. The Balaban J connectivity index is 1.55. The van der Waals surface area contributed by atoms with Crippen LogP contribution in [-0.2, 0) is 11.3 Å². The van der Waals surface area contributed by atoms with Crippen molar-refractivity contribution in [3.8, 4) is 5.75 Å². The van der Waals surface area contributed by atoms with Gasteiger partial charge in [-0.05, 0) is 60.5 Å². The molecule has 0 N–H and O–H groups in total. The molecule has 0 aliphatic carbocycles. The summed E-state index contributed by atoms with van der Waals surface area (Å²) < 4.78 is 15.7. The van der Waals surface area contributed by atoms with Crippen LogP contribution in [-0.4, -0.2) is 18.9 Å². The number of rotatable bonds is 7. The Morgan fingerprint density at radius 2 is 1.68 bits per heavy atom. The van der Waals surface area contributed by atoms with Gasteiger partial charge in [-0.25, -0.2) is 4.79 Å². The van der Waals surface area contributed by atoms with Gasteiger partial charge >= 0.3 is 5.97 Å². The van der Waals surface area contributed by atoms with Gasteiger partial charge in [-0.2, -0.15) is 0 Å². The number of furan rings is 1. The van der Waals surface area contributed by atoms with Crippen LogP contribution in [0.2, 0.25) is 0 Å².